The number of sulfonamides is 2. The Bertz CT molecular complexity index is 1490. The molecule has 0 spiro atoms. The zero-order chi connectivity index (χ0) is 27.3. The number of amides is 1. The van der Waals surface area contributed by atoms with E-state index in [4.69, 9.17) is 0 Å². The molecule has 1 N–H and O–H groups in total. The maximum Gasteiger partial charge on any atom is 0.243 e. The Hall–Kier alpha value is -3.12. The van der Waals surface area contributed by atoms with E-state index in [9.17, 15) is 26.0 Å². The van der Waals surface area contributed by atoms with Crippen molar-refractivity contribution in [2.24, 2.45) is 0 Å². The van der Waals surface area contributed by atoms with E-state index in [1.165, 1.54) is 46.8 Å². The van der Waals surface area contributed by atoms with E-state index in [1.807, 2.05) is 6.92 Å². The first-order chi connectivity index (χ1) is 18.1. The van der Waals surface area contributed by atoms with Gasteiger partial charge in [-0.05, 0) is 55.7 Å². The van der Waals surface area contributed by atoms with Gasteiger partial charge in [-0.3, -0.25) is 4.79 Å². The van der Waals surface area contributed by atoms with Crippen LogP contribution in [0, 0.1) is 12.7 Å². The van der Waals surface area contributed by atoms with Crippen LogP contribution in [0.2, 0.25) is 0 Å². The molecule has 8 nitrogen and oxygen atoms in total. The summed E-state index contributed by atoms with van der Waals surface area (Å²) in [4.78, 5) is 13.0. The molecular formula is C27H30FN3O5S2. The average Bonchev–Trinajstić information content (AvgIpc) is 3.45. The lowest BCUT2D eigenvalue weighted by molar-refractivity contribution is -0.121. The molecular weight excluding hydrogens is 529 g/mol. The molecule has 1 saturated heterocycles. The van der Waals surface area contributed by atoms with Crippen LogP contribution in [0.5, 0.6) is 0 Å². The Labute approximate surface area is 223 Å². The van der Waals surface area contributed by atoms with E-state index in [1.54, 1.807) is 30.3 Å². The minimum atomic E-state index is -4.11. The van der Waals surface area contributed by atoms with Gasteiger partial charge in [0.2, 0.25) is 26.0 Å². The molecule has 1 aliphatic rings. The molecule has 1 heterocycles. The molecule has 0 saturated carbocycles. The van der Waals surface area contributed by atoms with Crippen LogP contribution in [0.15, 0.2) is 82.6 Å². The highest BCUT2D eigenvalue weighted by molar-refractivity contribution is 7.89. The van der Waals surface area contributed by atoms with E-state index >= 15 is 0 Å². The Kier molecular flexibility index (Phi) is 8.61. The lowest BCUT2D eigenvalue weighted by Crippen LogP contribution is -2.40. The molecule has 11 heteroatoms. The number of aryl methyl sites for hydroxylation is 1. The molecule has 0 radical (unpaired) electrons. The van der Waals surface area contributed by atoms with Gasteiger partial charge in [0.05, 0.1) is 16.3 Å². The van der Waals surface area contributed by atoms with Gasteiger partial charge in [-0.15, -0.1) is 0 Å². The maximum absolute atomic E-state index is 14.3. The number of halogens is 1. The van der Waals surface area contributed by atoms with Crippen molar-refractivity contribution < 1.29 is 26.0 Å². The molecule has 3 aromatic rings. The van der Waals surface area contributed by atoms with Crippen molar-refractivity contribution >= 4 is 26.0 Å². The molecule has 0 aromatic heterocycles. The number of nitrogens with one attached hydrogen (secondary N) is 1. The Morgan fingerprint density at radius 2 is 1.50 bits per heavy atom. The van der Waals surface area contributed by atoms with Crippen LogP contribution in [0.25, 0.3) is 0 Å². The van der Waals surface area contributed by atoms with Crippen molar-refractivity contribution in [2.45, 2.75) is 42.6 Å². The van der Waals surface area contributed by atoms with Gasteiger partial charge >= 0.3 is 0 Å². The fraction of sp³-hybridized carbons (Fsp3) is 0.296. The van der Waals surface area contributed by atoms with Crippen LogP contribution in [0.4, 0.5) is 4.39 Å². The van der Waals surface area contributed by atoms with Gasteiger partial charge in [-0.25, -0.2) is 21.2 Å². The number of carbonyl (C=O) groups excluding carboxylic acids is 1. The van der Waals surface area contributed by atoms with Gasteiger partial charge < -0.3 is 5.32 Å². The van der Waals surface area contributed by atoms with Crippen molar-refractivity contribution in [3.8, 4) is 0 Å². The highest BCUT2D eigenvalue weighted by Gasteiger charge is 2.28. The predicted octanol–water partition coefficient (Wildman–Crippen LogP) is 3.43. The van der Waals surface area contributed by atoms with Crippen molar-refractivity contribution in [3.63, 3.8) is 0 Å². The number of hydrogen-bond acceptors (Lipinski definition) is 5. The molecule has 4 rings (SSSR count). The Morgan fingerprint density at radius 3 is 2.13 bits per heavy atom. The second-order valence-corrected chi connectivity index (χ2v) is 13.1. The van der Waals surface area contributed by atoms with E-state index in [0.29, 0.717) is 18.7 Å². The first-order valence-corrected chi connectivity index (χ1v) is 15.1. The highest BCUT2D eigenvalue weighted by Crippen LogP contribution is 2.22. The van der Waals surface area contributed by atoms with Crippen LogP contribution >= 0.6 is 0 Å². The summed E-state index contributed by atoms with van der Waals surface area (Å²) < 4.78 is 68.9. The first kappa shape index (κ1) is 27.9. The van der Waals surface area contributed by atoms with Crippen LogP contribution in [0.1, 0.15) is 29.5 Å². The molecule has 1 fully saturated rings. The summed E-state index contributed by atoms with van der Waals surface area (Å²) in [5.41, 5.74) is 1.67. The minimum absolute atomic E-state index is 0.00189. The number of nitrogens with zero attached hydrogens (tertiary/aromatic N) is 2. The monoisotopic (exact) mass is 559 g/mol. The van der Waals surface area contributed by atoms with Crippen molar-refractivity contribution in [1.82, 2.24) is 13.9 Å². The van der Waals surface area contributed by atoms with Gasteiger partial charge in [-0.1, -0.05) is 48.0 Å². The molecule has 202 valence electrons. The standard InChI is InChI=1S/C27H30FN3O5S2/c1-21-8-12-24(13-9-21)38(35,36)31(19-23-6-2-3-7-26(23)28)20-27(32)29-18-22-10-14-25(15-11-22)37(33,34)30-16-4-5-17-30/h2-3,6-15H,4-5,16-20H2,1H3,(H,29,32). The van der Waals surface area contributed by atoms with Crippen LogP contribution in [-0.2, 0) is 37.9 Å². The van der Waals surface area contributed by atoms with Gasteiger partial charge in [0.1, 0.15) is 5.82 Å². The van der Waals surface area contributed by atoms with E-state index in [-0.39, 0.29) is 28.4 Å². The lowest BCUT2D eigenvalue weighted by Gasteiger charge is -2.22. The van der Waals surface area contributed by atoms with Crippen molar-refractivity contribution in [2.75, 3.05) is 19.6 Å². The number of rotatable bonds is 10. The van der Waals surface area contributed by atoms with Crippen LogP contribution in [0.3, 0.4) is 0 Å². The number of hydrogen-bond donors (Lipinski definition) is 1. The summed E-state index contributed by atoms with van der Waals surface area (Å²) in [6.07, 6.45) is 1.69. The summed E-state index contributed by atoms with van der Waals surface area (Å²) in [6, 6.07) is 18.3. The van der Waals surface area contributed by atoms with Crippen molar-refractivity contribution in [1.29, 1.82) is 0 Å². The lowest BCUT2D eigenvalue weighted by atomic mass is 10.2. The third-order valence-electron chi connectivity index (χ3n) is 6.40. The van der Waals surface area contributed by atoms with Crippen molar-refractivity contribution in [3.05, 3.63) is 95.3 Å². The number of carbonyl (C=O) groups is 1. The molecule has 0 unspecified atom stereocenters. The van der Waals surface area contributed by atoms with Gasteiger partial charge in [-0.2, -0.15) is 8.61 Å². The summed E-state index contributed by atoms with van der Waals surface area (Å²) in [7, 11) is -7.65. The summed E-state index contributed by atoms with van der Waals surface area (Å²) in [5, 5.41) is 2.68. The third kappa shape index (κ3) is 6.47. The summed E-state index contributed by atoms with van der Waals surface area (Å²) in [6.45, 7) is 2.08. The average molecular weight is 560 g/mol. The summed E-state index contributed by atoms with van der Waals surface area (Å²) in [5.74, 6) is -1.15. The Balaban J connectivity index is 1.46. The topological polar surface area (TPSA) is 104 Å². The molecule has 3 aromatic carbocycles. The zero-order valence-corrected chi connectivity index (χ0v) is 22.6. The molecule has 1 amide bonds. The SMILES string of the molecule is Cc1ccc(S(=O)(=O)N(CC(=O)NCc2ccc(S(=O)(=O)N3CCCC3)cc2)Cc2ccccc2F)cc1. The van der Waals surface area contributed by atoms with E-state index in [0.717, 1.165) is 22.7 Å². The van der Waals surface area contributed by atoms with E-state index in [2.05, 4.69) is 5.32 Å². The maximum atomic E-state index is 14.3. The number of benzene rings is 3. The normalized spacial score (nSPS) is 14.6. The second kappa shape index (κ2) is 11.7. The van der Waals surface area contributed by atoms with Crippen LogP contribution < -0.4 is 5.32 Å². The van der Waals surface area contributed by atoms with Crippen LogP contribution in [-0.4, -0.2) is 51.0 Å². The predicted molar refractivity (Wildman–Crippen MR) is 141 cm³/mol. The quantitative estimate of drug-likeness (QED) is 0.410. The smallest absolute Gasteiger partial charge is 0.243 e. The first-order valence-electron chi connectivity index (χ1n) is 12.2. The van der Waals surface area contributed by atoms with E-state index < -0.39 is 38.3 Å². The fourth-order valence-electron chi connectivity index (χ4n) is 4.18. The second-order valence-electron chi connectivity index (χ2n) is 9.21. The molecule has 0 atom stereocenters. The molecule has 38 heavy (non-hydrogen) atoms. The largest absolute Gasteiger partial charge is 0.351 e. The van der Waals surface area contributed by atoms with Gasteiger partial charge in [0, 0.05) is 31.7 Å². The van der Waals surface area contributed by atoms with Gasteiger partial charge in [0.15, 0.2) is 0 Å². The summed E-state index contributed by atoms with van der Waals surface area (Å²) >= 11 is 0. The van der Waals surface area contributed by atoms with Gasteiger partial charge in [0.25, 0.3) is 0 Å². The third-order valence-corrected chi connectivity index (χ3v) is 10.1. The molecule has 0 aliphatic carbocycles. The Morgan fingerprint density at radius 1 is 0.895 bits per heavy atom. The molecule has 0 bridgehead atoms. The minimum Gasteiger partial charge on any atom is -0.351 e. The zero-order valence-electron chi connectivity index (χ0n) is 21.0. The highest BCUT2D eigenvalue weighted by atomic mass is 32.2. The molecule has 1 aliphatic heterocycles. The fourth-order valence-corrected chi connectivity index (χ4v) is 7.07.